The Bertz CT molecular complexity index is 125. The molecular formula is C10H25N3Si2. The molecule has 5 heteroatoms. The Kier molecular flexibility index (Phi) is 9.73. The van der Waals surface area contributed by atoms with Crippen molar-refractivity contribution in [2.45, 2.75) is 34.6 Å². The molecule has 0 fully saturated rings. The first kappa shape index (κ1) is 15.3. The minimum atomic E-state index is 0.851. The predicted molar refractivity (Wildman–Crippen MR) is 69.7 cm³/mol. The zero-order valence-electron chi connectivity index (χ0n) is 10.9. The molecule has 0 atom stereocenters. The van der Waals surface area contributed by atoms with Crippen LogP contribution in [-0.4, -0.2) is 65.8 Å². The summed E-state index contributed by atoms with van der Waals surface area (Å²) in [6, 6.07) is 0. The SMILES string of the molecule is CCN(CC)[Si]N(CC)[Si]N(CC)CC. The number of nitrogens with zero attached hydrogens (tertiary/aromatic N) is 3. The van der Waals surface area contributed by atoms with E-state index in [0.29, 0.717) is 0 Å². The van der Waals surface area contributed by atoms with E-state index in [1.807, 2.05) is 0 Å². The van der Waals surface area contributed by atoms with Gasteiger partial charge in [0.15, 0.2) is 0 Å². The summed E-state index contributed by atoms with van der Waals surface area (Å²) in [6.07, 6.45) is 0. The van der Waals surface area contributed by atoms with E-state index in [1.165, 1.54) is 0 Å². The van der Waals surface area contributed by atoms with Crippen molar-refractivity contribution in [3.63, 3.8) is 0 Å². The van der Waals surface area contributed by atoms with Crippen molar-refractivity contribution in [3.05, 3.63) is 0 Å². The van der Waals surface area contributed by atoms with Gasteiger partial charge in [0.2, 0.25) is 19.7 Å². The van der Waals surface area contributed by atoms with Crippen LogP contribution in [0.25, 0.3) is 0 Å². The van der Waals surface area contributed by atoms with Crippen molar-refractivity contribution in [2.75, 3.05) is 32.7 Å². The number of hydrogen-bond donors (Lipinski definition) is 0. The molecule has 0 bridgehead atoms. The summed E-state index contributed by atoms with van der Waals surface area (Å²) in [4.78, 5) is 0. The Hall–Kier alpha value is 0.314. The highest BCUT2D eigenvalue weighted by Crippen LogP contribution is 1.93. The first-order chi connectivity index (χ1) is 7.21. The van der Waals surface area contributed by atoms with E-state index in [2.05, 4.69) is 48.0 Å². The zero-order chi connectivity index (χ0) is 11.7. The first-order valence-corrected chi connectivity index (χ1v) is 7.80. The molecule has 0 aliphatic heterocycles. The highest BCUT2D eigenvalue weighted by molar-refractivity contribution is 6.47. The third kappa shape index (κ3) is 6.47. The maximum absolute atomic E-state index is 2.56. The van der Waals surface area contributed by atoms with E-state index in [0.717, 1.165) is 52.4 Å². The Labute approximate surface area is 101 Å². The lowest BCUT2D eigenvalue weighted by Crippen LogP contribution is -2.49. The quantitative estimate of drug-likeness (QED) is 0.561. The van der Waals surface area contributed by atoms with Crippen LogP contribution >= 0.6 is 0 Å². The second kappa shape index (κ2) is 9.53. The van der Waals surface area contributed by atoms with E-state index < -0.39 is 0 Å². The fourth-order valence-corrected chi connectivity index (χ4v) is 3.79. The van der Waals surface area contributed by atoms with Crippen LogP contribution < -0.4 is 0 Å². The normalized spacial score (nSPS) is 12.0. The maximum Gasteiger partial charge on any atom is 0.244 e. The number of rotatable bonds is 9. The molecule has 0 aromatic rings. The molecule has 0 aromatic carbocycles. The third-order valence-electron chi connectivity index (χ3n) is 2.37. The fourth-order valence-electron chi connectivity index (χ4n) is 1.24. The molecule has 15 heavy (non-hydrogen) atoms. The zero-order valence-corrected chi connectivity index (χ0v) is 12.9. The second-order valence-corrected chi connectivity index (χ2v) is 6.48. The summed E-state index contributed by atoms with van der Waals surface area (Å²) in [6.45, 7) is 17.0. The van der Waals surface area contributed by atoms with Gasteiger partial charge >= 0.3 is 0 Å². The Morgan fingerprint density at radius 1 is 0.600 bits per heavy atom. The molecular weight excluding hydrogens is 218 g/mol. The van der Waals surface area contributed by atoms with Gasteiger partial charge in [0.05, 0.1) is 0 Å². The van der Waals surface area contributed by atoms with Gasteiger partial charge in [-0.05, 0) is 32.7 Å². The molecule has 0 N–H and O–H groups in total. The van der Waals surface area contributed by atoms with Gasteiger partial charge in [-0.15, -0.1) is 0 Å². The molecule has 0 amide bonds. The molecule has 0 aromatic heterocycles. The summed E-state index contributed by atoms with van der Waals surface area (Å²) in [5, 5.41) is 0. The van der Waals surface area contributed by atoms with Gasteiger partial charge < -0.3 is 13.4 Å². The predicted octanol–water partition coefficient (Wildman–Crippen LogP) is 1.06. The third-order valence-corrected chi connectivity index (χ3v) is 5.91. The molecule has 0 aliphatic rings. The summed E-state index contributed by atoms with van der Waals surface area (Å²) in [5.74, 6) is 0. The maximum atomic E-state index is 2.56. The molecule has 0 spiro atoms. The molecule has 88 valence electrons. The number of hydrogen-bond acceptors (Lipinski definition) is 3. The summed E-state index contributed by atoms with van der Waals surface area (Å²) in [7, 11) is 1.70. The minimum absolute atomic E-state index is 0.851. The van der Waals surface area contributed by atoms with Crippen LogP contribution in [0.2, 0.25) is 0 Å². The largest absolute Gasteiger partial charge is 0.322 e. The van der Waals surface area contributed by atoms with E-state index in [9.17, 15) is 0 Å². The van der Waals surface area contributed by atoms with Gasteiger partial charge in [0, 0.05) is 0 Å². The molecule has 0 heterocycles. The van der Waals surface area contributed by atoms with Gasteiger partial charge in [-0.25, -0.2) is 0 Å². The lowest BCUT2D eigenvalue weighted by Gasteiger charge is -2.29. The average molecular weight is 244 g/mol. The Morgan fingerprint density at radius 2 is 0.933 bits per heavy atom. The summed E-state index contributed by atoms with van der Waals surface area (Å²) < 4.78 is 7.56. The lowest BCUT2D eigenvalue weighted by molar-refractivity contribution is 0.427. The van der Waals surface area contributed by atoms with Crippen molar-refractivity contribution in [1.29, 1.82) is 0 Å². The second-order valence-electron chi connectivity index (χ2n) is 3.29. The molecule has 0 rings (SSSR count). The van der Waals surface area contributed by atoms with Gasteiger partial charge in [0.25, 0.3) is 0 Å². The fraction of sp³-hybridized carbons (Fsp3) is 1.00. The van der Waals surface area contributed by atoms with Crippen molar-refractivity contribution in [2.24, 2.45) is 0 Å². The smallest absolute Gasteiger partial charge is 0.244 e. The molecule has 0 saturated heterocycles. The van der Waals surface area contributed by atoms with Crippen LogP contribution in [-0.2, 0) is 0 Å². The molecule has 4 radical (unpaired) electrons. The highest BCUT2D eigenvalue weighted by Gasteiger charge is 2.13. The van der Waals surface area contributed by atoms with E-state index in [-0.39, 0.29) is 0 Å². The highest BCUT2D eigenvalue weighted by atomic mass is 28.3. The van der Waals surface area contributed by atoms with Crippen LogP contribution in [0.15, 0.2) is 0 Å². The van der Waals surface area contributed by atoms with Gasteiger partial charge in [-0.1, -0.05) is 34.6 Å². The van der Waals surface area contributed by atoms with Crippen LogP contribution in [0.4, 0.5) is 0 Å². The van der Waals surface area contributed by atoms with E-state index in [1.54, 1.807) is 0 Å². The van der Waals surface area contributed by atoms with E-state index in [4.69, 9.17) is 0 Å². The van der Waals surface area contributed by atoms with Crippen molar-refractivity contribution in [3.8, 4) is 0 Å². The summed E-state index contributed by atoms with van der Waals surface area (Å²) >= 11 is 0. The Morgan fingerprint density at radius 3 is 1.13 bits per heavy atom. The molecule has 0 unspecified atom stereocenters. The average Bonchev–Trinajstić information content (AvgIpc) is 2.30. The Balaban J connectivity index is 4.00. The van der Waals surface area contributed by atoms with Crippen LogP contribution in [0.3, 0.4) is 0 Å². The van der Waals surface area contributed by atoms with Crippen LogP contribution in [0.1, 0.15) is 34.6 Å². The van der Waals surface area contributed by atoms with Gasteiger partial charge in [-0.2, -0.15) is 0 Å². The molecule has 0 aliphatic carbocycles. The van der Waals surface area contributed by atoms with Crippen molar-refractivity contribution >= 4 is 19.7 Å². The standard InChI is InChI=1S/C10H25N3Si2/c1-6-11(7-2)14-13(10-5)15-12(8-3)9-4/h6-10H2,1-5H3. The van der Waals surface area contributed by atoms with Crippen molar-refractivity contribution < 1.29 is 0 Å². The first-order valence-electron chi connectivity index (χ1n) is 6.01. The molecule has 0 saturated carbocycles. The topological polar surface area (TPSA) is 9.72 Å². The van der Waals surface area contributed by atoms with Gasteiger partial charge in [-0.3, -0.25) is 0 Å². The minimum Gasteiger partial charge on any atom is -0.322 e. The lowest BCUT2D eigenvalue weighted by atomic mass is 10.7. The van der Waals surface area contributed by atoms with Gasteiger partial charge in [0.1, 0.15) is 0 Å². The summed E-state index contributed by atoms with van der Waals surface area (Å²) in [5.41, 5.74) is 0. The molecule has 3 nitrogen and oxygen atoms in total. The van der Waals surface area contributed by atoms with Crippen LogP contribution in [0, 0.1) is 0 Å². The van der Waals surface area contributed by atoms with Crippen LogP contribution in [0.5, 0.6) is 0 Å². The monoisotopic (exact) mass is 243 g/mol. The van der Waals surface area contributed by atoms with Crippen molar-refractivity contribution in [1.82, 2.24) is 13.4 Å². The van der Waals surface area contributed by atoms with E-state index >= 15 is 0 Å².